The Morgan fingerprint density at radius 2 is 2.12 bits per heavy atom. The molecule has 2 N–H and O–H groups in total. The van der Waals surface area contributed by atoms with Gasteiger partial charge in [-0.15, -0.1) is 11.3 Å². The lowest BCUT2D eigenvalue weighted by molar-refractivity contribution is 0.420. The first kappa shape index (κ1) is 13.5. The maximum absolute atomic E-state index is 12.2. The summed E-state index contributed by atoms with van der Waals surface area (Å²) in [4.78, 5) is 0. The molecule has 1 heterocycles. The Hall–Kier alpha value is -0.590. The molecule has 0 saturated carbocycles. The summed E-state index contributed by atoms with van der Waals surface area (Å²) in [5.41, 5.74) is 6.05. The molecule has 6 heteroatoms. The van der Waals surface area contributed by atoms with E-state index in [1.807, 2.05) is 13.8 Å². The van der Waals surface area contributed by atoms with E-state index < -0.39 is 10.0 Å². The Morgan fingerprint density at radius 1 is 1.44 bits per heavy atom. The van der Waals surface area contributed by atoms with Crippen molar-refractivity contribution in [1.82, 2.24) is 4.31 Å². The predicted octanol–water partition coefficient (Wildman–Crippen LogP) is 2.14. The number of nitrogen functional groups attached to an aromatic ring is 1. The zero-order valence-corrected chi connectivity index (χ0v) is 11.3. The van der Waals surface area contributed by atoms with Crippen LogP contribution in [-0.2, 0) is 10.0 Å². The van der Waals surface area contributed by atoms with E-state index in [4.69, 9.17) is 5.73 Å². The summed E-state index contributed by atoms with van der Waals surface area (Å²) in [7, 11) is -3.33. The molecule has 92 valence electrons. The Morgan fingerprint density at radius 3 is 2.56 bits per heavy atom. The van der Waals surface area contributed by atoms with Gasteiger partial charge in [0.2, 0.25) is 0 Å². The quantitative estimate of drug-likeness (QED) is 0.854. The van der Waals surface area contributed by atoms with Crippen LogP contribution in [0.3, 0.4) is 0 Å². The van der Waals surface area contributed by atoms with Crippen molar-refractivity contribution >= 4 is 27.0 Å². The molecule has 0 bridgehead atoms. The number of rotatable bonds is 6. The van der Waals surface area contributed by atoms with Gasteiger partial charge in [-0.1, -0.05) is 20.3 Å². The number of nitrogens with two attached hydrogens (primary N) is 1. The largest absolute Gasteiger partial charge is 0.398 e. The third-order valence-corrected chi connectivity index (χ3v) is 5.71. The van der Waals surface area contributed by atoms with Crippen molar-refractivity contribution in [1.29, 1.82) is 0 Å². The topological polar surface area (TPSA) is 63.4 Å². The molecule has 1 aromatic heterocycles. The predicted molar refractivity (Wildman–Crippen MR) is 68.1 cm³/mol. The number of unbranched alkanes of at least 4 members (excludes halogenated alkanes) is 1. The molecule has 0 amide bonds. The third-order valence-electron chi connectivity index (χ3n) is 2.30. The molecule has 0 unspecified atom stereocenters. The molecule has 4 nitrogen and oxygen atoms in total. The average Bonchev–Trinajstić information content (AvgIpc) is 2.66. The van der Waals surface area contributed by atoms with Gasteiger partial charge in [-0.3, -0.25) is 0 Å². The van der Waals surface area contributed by atoms with Gasteiger partial charge in [0.25, 0.3) is 10.0 Å². The highest BCUT2D eigenvalue weighted by Gasteiger charge is 2.23. The van der Waals surface area contributed by atoms with E-state index in [9.17, 15) is 8.42 Å². The van der Waals surface area contributed by atoms with Gasteiger partial charge >= 0.3 is 0 Å². The fourth-order valence-electron chi connectivity index (χ4n) is 1.38. The molecule has 0 aliphatic carbocycles. The molecule has 0 aliphatic heterocycles. The van der Waals surface area contributed by atoms with Crippen molar-refractivity contribution in [2.45, 2.75) is 30.9 Å². The molecule has 0 aliphatic rings. The Bertz CT molecular complexity index is 426. The second-order valence-electron chi connectivity index (χ2n) is 3.55. The van der Waals surface area contributed by atoms with E-state index in [2.05, 4.69) is 0 Å². The van der Waals surface area contributed by atoms with Gasteiger partial charge in [-0.05, 0) is 12.5 Å². The minimum Gasteiger partial charge on any atom is -0.398 e. The second kappa shape index (κ2) is 5.65. The summed E-state index contributed by atoms with van der Waals surface area (Å²) < 4.78 is 26.2. The maximum atomic E-state index is 12.2. The molecule has 1 aromatic rings. The molecular weight excluding hydrogens is 244 g/mol. The highest BCUT2D eigenvalue weighted by Crippen LogP contribution is 2.25. The van der Waals surface area contributed by atoms with Crippen LogP contribution in [0.5, 0.6) is 0 Å². The summed E-state index contributed by atoms with van der Waals surface area (Å²) in [5, 5.41) is 1.65. The minimum absolute atomic E-state index is 0.336. The number of sulfonamides is 1. The third kappa shape index (κ3) is 2.96. The molecule has 0 aromatic carbocycles. The van der Waals surface area contributed by atoms with Crippen LogP contribution in [0.25, 0.3) is 0 Å². The summed E-state index contributed by atoms with van der Waals surface area (Å²) >= 11 is 1.18. The Balaban J connectivity index is 2.90. The zero-order chi connectivity index (χ0) is 12.2. The van der Waals surface area contributed by atoms with Gasteiger partial charge in [0.1, 0.15) is 4.21 Å². The van der Waals surface area contributed by atoms with Gasteiger partial charge < -0.3 is 5.73 Å². The molecule has 0 radical (unpaired) electrons. The number of nitrogens with zero attached hydrogens (tertiary/aromatic N) is 1. The lowest BCUT2D eigenvalue weighted by Crippen LogP contribution is -2.31. The molecule has 0 spiro atoms. The minimum atomic E-state index is -3.33. The first-order valence-corrected chi connectivity index (χ1v) is 7.68. The summed E-state index contributed by atoms with van der Waals surface area (Å²) in [6.07, 6.45) is 1.87. The van der Waals surface area contributed by atoms with E-state index in [-0.39, 0.29) is 0 Å². The molecule has 0 atom stereocenters. The fraction of sp³-hybridized carbons (Fsp3) is 0.600. The summed E-state index contributed by atoms with van der Waals surface area (Å²) in [5.74, 6) is 0. The number of anilines is 1. The zero-order valence-electron chi connectivity index (χ0n) is 9.64. The van der Waals surface area contributed by atoms with Crippen molar-refractivity contribution in [2.75, 3.05) is 18.8 Å². The Kier molecular flexibility index (Phi) is 4.76. The summed E-state index contributed by atoms with van der Waals surface area (Å²) in [6, 6.07) is 1.52. The van der Waals surface area contributed by atoms with Crippen molar-refractivity contribution < 1.29 is 8.42 Å². The molecular formula is C10H18N2O2S2. The second-order valence-corrected chi connectivity index (χ2v) is 6.63. The van der Waals surface area contributed by atoms with Crippen LogP contribution < -0.4 is 5.73 Å². The maximum Gasteiger partial charge on any atom is 0.252 e. The SMILES string of the molecule is CCCCN(CC)S(=O)(=O)c1cc(N)cs1. The van der Waals surface area contributed by atoms with Crippen LogP contribution in [0.4, 0.5) is 5.69 Å². The summed E-state index contributed by atoms with van der Waals surface area (Å²) in [6.45, 7) is 4.97. The Labute approximate surface area is 101 Å². The van der Waals surface area contributed by atoms with Crippen LogP contribution in [-0.4, -0.2) is 25.8 Å². The standard InChI is InChI=1S/C10H18N2O2S2/c1-3-5-6-12(4-2)16(13,14)10-7-9(11)8-15-10/h7-8H,3-6,11H2,1-2H3. The van der Waals surface area contributed by atoms with Gasteiger partial charge in [0, 0.05) is 24.2 Å². The number of hydrogen-bond acceptors (Lipinski definition) is 4. The average molecular weight is 262 g/mol. The van der Waals surface area contributed by atoms with Crippen LogP contribution in [0.15, 0.2) is 15.7 Å². The fourth-order valence-corrected chi connectivity index (χ4v) is 4.10. The highest BCUT2D eigenvalue weighted by atomic mass is 32.2. The first-order chi connectivity index (χ1) is 7.52. The van der Waals surface area contributed by atoms with Crippen LogP contribution >= 0.6 is 11.3 Å². The van der Waals surface area contributed by atoms with Gasteiger partial charge in [-0.2, -0.15) is 4.31 Å². The molecule has 16 heavy (non-hydrogen) atoms. The van der Waals surface area contributed by atoms with Crippen LogP contribution in [0, 0.1) is 0 Å². The van der Waals surface area contributed by atoms with E-state index >= 15 is 0 Å². The molecule has 1 rings (SSSR count). The normalized spacial score (nSPS) is 12.2. The van der Waals surface area contributed by atoms with Gasteiger partial charge in [-0.25, -0.2) is 8.42 Å². The van der Waals surface area contributed by atoms with Crippen LogP contribution in [0.2, 0.25) is 0 Å². The number of thiophene rings is 1. The van der Waals surface area contributed by atoms with E-state index in [1.54, 1.807) is 5.38 Å². The smallest absolute Gasteiger partial charge is 0.252 e. The molecule has 0 fully saturated rings. The highest BCUT2D eigenvalue weighted by molar-refractivity contribution is 7.91. The van der Waals surface area contributed by atoms with Gasteiger partial charge in [0.05, 0.1) is 0 Å². The van der Waals surface area contributed by atoms with E-state index in [0.29, 0.717) is 23.0 Å². The van der Waals surface area contributed by atoms with E-state index in [1.165, 1.54) is 21.7 Å². The van der Waals surface area contributed by atoms with Crippen molar-refractivity contribution in [2.24, 2.45) is 0 Å². The van der Waals surface area contributed by atoms with E-state index in [0.717, 1.165) is 12.8 Å². The first-order valence-electron chi connectivity index (χ1n) is 5.36. The van der Waals surface area contributed by atoms with Gasteiger partial charge in [0.15, 0.2) is 0 Å². The number of hydrogen-bond donors (Lipinski definition) is 1. The van der Waals surface area contributed by atoms with Crippen molar-refractivity contribution in [3.05, 3.63) is 11.4 Å². The lowest BCUT2D eigenvalue weighted by Gasteiger charge is -2.18. The molecule has 0 saturated heterocycles. The monoisotopic (exact) mass is 262 g/mol. The van der Waals surface area contributed by atoms with Crippen molar-refractivity contribution in [3.63, 3.8) is 0 Å². The van der Waals surface area contributed by atoms with Crippen LogP contribution in [0.1, 0.15) is 26.7 Å². The lowest BCUT2D eigenvalue weighted by atomic mass is 10.3. The van der Waals surface area contributed by atoms with Crippen molar-refractivity contribution in [3.8, 4) is 0 Å².